The van der Waals surface area contributed by atoms with E-state index in [0.29, 0.717) is 6.61 Å². The first-order chi connectivity index (χ1) is 11.2. The van der Waals surface area contributed by atoms with E-state index in [2.05, 4.69) is 0 Å². The van der Waals surface area contributed by atoms with Crippen LogP contribution in [0.1, 0.15) is 25.0 Å². The van der Waals surface area contributed by atoms with Gasteiger partial charge in [-0.2, -0.15) is 0 Å². The standard InChI is InChI=1S/C20H23NO2/c1-3-21(4-2)20(22)15-12-17-10-13-19(14-11-17)23-16-18-8-6-5-7-9-18/h5-15H,3-4,16H2,1-2H3/b15-12+. The molecule has 120 valence electrons. The zero-order valence-electron chi connectivity index (χ0n) is 13.7. The van der Waals surface area contributed by atoms with Crippen molar-refractivity contribution >= 4 is 12.0 Å². The molecule has 0 spiro atoms. The van der Waals surface area contributed by atoms with E-state index in [1.807, 2.05) is 74.5 Å². The van der Waals surface area contributed by atoms with Crippen molar-refractivity contribution in [1.29, 1.82) is 0 Å². The number of hydrogen-bond acceptors (Lipinski definition) is 2. The van der Waals surface area contributed by atoms with Crippen molar-refractivity contribution in [1.82, 2.24) is 4.90 Å². The highest BCUT2D eigenvalue weighted by Gasteiger charge is 2.04. The van der Waals surface area contributed by atoms with Gasteiger partial charge < -0.3 is 9.64 Å². The van der Waals surface area contributed by atoms with E-state index >= 15 is 0 Å². The zero-order valence-corrected chi connectivity index (χ0v) is 13.7. The predicted octanol–water partition coefficient (Wildman–Crippen LogP) is 4.15. The molecule has 0 aromatic heterocycles. The molecular formula is C20H23NO2. The fourth-order valence-electron chi connectivity index (χ4n) is 2.22. The molecule has 1 amide bonds. The second kappa shape index (κ2) is 8.79. The molecule has 0 bridgehead atoms. The lowest BCUT2D eigenvalue weighted by Crippen LogP contribution is -2.28. The maximum Gasteiger partial charge on any atom is 0.246 e. The molecule has 0 radical (unpaired) electrons. The van der Waals surface area contributed by atoms with Gasteiger partial charge in [0.1, 0.15) is 12.4 Å². The normalized spacial score (nSPS) is 10.7. The Balaban J connectivity index is 1.90. The van der Waals surface area contributed by atoms with Gasteiger partial charge in [0.2, 0.25) is 5.91 Å². The van der Waals surface area contributed by atoms with Crippen molar-refractivity contribution < 1.29 is 9.53 Å². The van der Waals surface area contributed by atoms with Crippen LogP contribution in [0.15, 0.2) is 60.7 Å². The minimum absolute atomic E-state index is 0.0411. The van der Waals surface area contributed by atoms with E-state index in [4.69, 9.17) is 4.74 Å². The lowest BCUT2D eigenvalue weighted by atomic mass is 10.2. The van der Waals surface area contributed by atoms with Gasteiger partial charge in [0, 0.05) is 19.2 Å². The summed E-state index contributed by atoms with van der Waals surface area (Å²) >= 11 is 0. The van der Waals surface area contributed by atoms with E-state index in [0.717, 1.165) is 30.0 Å². The first-order valence-corrected chi connectivity index (χ1v) is 7.96. The molecule has 0 aliphatic carbocycles. The number of ether oxygens (including phenoxy) is 1. The molecule has 2 aromatic carbocycles. The van der Waals surface area contributed by atoms with Gasteiger partial charge in [0.15, 0.2) is 0 Å². The molecule has 0 heterocycles. The molecule has 3 nitrogen and oxygen atoms in total. The Morgan fingerprint density at radius 3 is 2.26 bits per heavy atom. The third kappa shape index (κ3) is 5.29. The Kier molecular flexibility index (Phi) is 6.42. The van der Waals surface area contributed by atoms with E-state index in [1.165, 1.54) is 0 Å². The number of benzene rings is 2. The van der Waals surface area contributed by atoms with Crippen LogP contribution in [0.25, 0.3) is 6.08 Å². The van der Waals surface area contributed by atoms with Crippen LogP contribution in [0.4, 0.5) is 0 Å². The molecule has 0 aliphatic rings. The van der Waals surface area contributed by atoms with E-state index in [1.54, 1.807) is 11.0 Å². The van der Waals surface area contributed by atoms with Crippen molar-refractivity contribution in [3.05, 3.63) is 71.8 Å². The smallest absolute Gasteiger partial charge is 0.246 e. The molecule has 0 saturated heterocycles. The summed E-state index contributed by atoms with van der Waals surface area (Å²) in [5.74, 6) is 0.862. The number of carbonyl (C=O) groups is 1. The summed E-state index contributed by atoms with van der Waals surface area (Å²) in [6.45, 7) is 5.97. The molecule has 0 atom stereocenters. The topological polar surface area (TPSA) is 29.5 Å². The van der Waals surface area contributed by atoms with Gasteiger partial charge >= 0.3 is 0 Å². The number of rotatable bonds is 7. The van der Waals surface area contributed by atoms with Gasteiger partial charge in [-0.3, -0.25) is 4.79 Å². The summed E-state index contributed by atoms with van der Waals surface area (Å²) in [6, 6.07) is 17.8. The van der Waals surface area contributed by atoms with Crippen molar-refractivity contribution in [2.24, 2.45) is 0 Å². The molecule has 0 unspecified atom stereocenters. The largest absolute Gasteiger partial charge is 0.489 e. The summed E-state index contributed by atoms with van der Waals surface area (Å²) in [4.78, 5) is 13.7. The Morgan fingerprint density at radius 2 is 1.65 bits per heavy atom. The van der Waals surface area contributed by atoms with Crippen LogP contribution in [0.3, 0.4) is 0 Å². The average molecular weight is 309 g/mol. The van der Waals surface area contributed by atoms with Gasteiger partial charge in [-0.1, -0.05) is 42.5 Å². The van der Waals surface area contributed by atoms with Crippen LogP contribution in [0.5, 0.6) is 5.75 Å². The third-order valence-electron chi connectivity index (χ3n) is 3.62. The van der Waals surface area contributed by atoms with Crippen LogP contribution in [-0.4, -0.2) is 23.9 Å². The molecule has 0 N–H and O–H groups in total. The molecule has 2 rings (SSSR count). The Labute approximate surface area is 138 Å². The second-order valence-electron chi connectivity index (χ2n) is 5.19. The minimum atomic E-state index is 0.0411. The Bertz CT molecular complexity index is 628. The third-order valence-corrected chi connectivity index (χ3v) is 3.62. The predicted molar refractivity (Wildman–Crippen MR) is 94.2 cm³/mol. The number of likely N-dealkylation sites (N-methyl/N-ethyl adjacent to an activating group) is 1. The molecule has 0 fully saturated rings. The second-order valence-corrected chi connectivity index (χ2v) is 5.19. The lowest BCUT2D eigenvalue weighted by molar-refractivity contribution is -0.125. The van der Waals surface area contributed by atoms with Gasteiger partial charge in [-0.15, -0.1) is 0 Å². The van der Waals surface area contributed by atoms with Crippen molar-refractivity contribution in [2.45, 2.75) is 20.5 Å². The molecule has 23 heavy (non-hydrogen) atoms. The number of nitrogens with zero attached hydrogens (tertiary/aromatic N) is 1. The van der Waals surface area contributed by atoms with Crippen LogP contribution < -0.4 is 4.74 Å². The number of amides is 1. The minimum Gasteiger partial charge on any atom is -0.489 e. The first-order valence-electron chi connectivity index (χ1n) is 7.96. The summed E-state index contributed by atoms with van der Waals surface area (Å²) in [5.41, 5.74) is 2.12. The number of carbonyl (C=O) groups excluding carboxylic acids is 1. The molecule has 3 heteroatoms. The maximum absolute atomic E-state index is 11.9. The van der Waals surface area contributed by atoms with E-state index in [9.17, 15) is 4.79 Å². The highest BCUT2D eigenvalue weighted by atomic mass is 16.5. The lowest BCUT2D eigenvalue weighted by Gasteiger charge is -2.15. The summed E-state index contributed by atoms with van der Waals surface area (Å²) in [5, 5.41) is 0. The quantitative estimate of drug-likeness (QED) is 0.719. The Hall–Kier alpha value is -2.55. The zero-order chi connectivity index (χ0) is 16.5. The summed E-state index contributed by atoms with van der Waals surface area (Å²) < 4.78 is 5.75. The molecular weight excluding hydrogens is 286 g/mol. The van der Waals surface area contributed by atoms with Crippen LogP contribution in [-0.2, 0) is 11.4 Å². The fraction of sp³-hybridized carbons (Fsp3) is 0.250. The van der Waals surface area contributed by atoms with Gasteiger partial charge in [0.25, 0.3) is 0 Å². The monoisotopic (exact) mass is 309 g/mol. The van der Waals surface area contributed by atoms with Gasteiger partial charge in [-0.05, 0) is 43.2 Å². The van der Waals surface area contributed by atoms with Crippen molar-refractivity contribution in [2.75, 3.05) is 13.1 Å². The van der Waals surface area contributed by atoms with Crippen LogP contribution in [0, 0.1) is 0 Å². The van der Waals surface area contributed by atoms with Gasteiger partial charge in [0.05, 0.1) is 0 Å². The first kappa shape index (κ1) is 16.8. The van der Waals surface area contributed by atoms with E-state index < -0.39 is 0 Å². The molecule has 2 aromatic rings. The highest BCUT2D eigenvalue weighted by Crippen LogP contribution is 2.15. The van der Waals surface area contributed by atoms with Crippen LogP contribution >= 0.6 is 0 Å². The maximum atomic E-state index is 11.9. The van der Waals surface area contributed by atoms with Crippen molar-refractivity contribution in [3.63, 3.8) is 0 Å². The number of hydrogen-bond donors (Lipinski definition) is 0. The van der Waals surface area contributed by atoms with Crippen LogP contribution in [0.2, 0.25) is 0 Å². The highest BCUT2D eigenvalue weighted by molar-refractivity contribution is 5.91. The summed E-state index contributed by atoms with van der Waals surface area (Å²) in [6.07, 6.45) is 3.45. The molecule has 0 aliphatic heterocycles. The van der Waals surface area contributed by atoms with Crippen molar-refractivity contribution in [3.8, 4) is 5.75 Å². The fourth-order valence-corrected chi connectivity index (χ4v) is 2.22. The van der Waals surface area contributed by atoms with Gasteiger partial charge in [-0.25, -0.2) is 0 Å². The molecule has 0 saturated carbocycles. The summed E-state index contributed by atoms with van der Waals surface area (Å²) in [7, 11) is 0. The Morgan fingerprint density at radius 1 is 1.00 bits per heavy atom. The SMILES string of the molecule is CCN(CC)C(=O)/C=C/c1ccc(OCc2ccccc2)cc1. The van der Waals surface area contributed by atoms with E-state index in [-0.39, 0.29) is 5.91 Å². The average Bonchev–Trinajstić information content (AvgIpc) is 2.61.